The van der Waals surface area contributed by atoms with E-state index in [9.17, 15) is 4.79 Å². The third-order valence-corrected chi connectivity index (χ3v) is 6.38. The lowest BCUT2D eigenvalue weighted by Crippen LogP contribution is -2.19. The van der Waals surface area contributed by atoms with Gasteiger partial charge in [-0.3, -0.25) is 4.79 Å². The van der Waals surface area contributed by atoms with Crippen LogP contribution in [0.1, 0.15) is 43.0 Å². The normalized spacial score (nSPS) is 17.3. The highest BCUT2D eigenvalue weighted by Crippen LogP contribution is 2.40. The number of amides is 1. The number of fused-ring (bicyclic) bond motifs is 3. The van der Waals surface area contributed by atoms with Gasteiger partial charge in [0.2, 0.25) is 5.91 Å². The van der Waals surface area contributed by atoms with Crippen molar-refractivity contribution in [2.75, 3.05) is 12.8 Å². The standard InChI is InChI=1S/C17H23N3OS2/c1-4-5-13-19-16(22-9-14(21)18-3)15-11-7-6-10(2)8-12(11)23-17(15)20-13/h10H,4-9H2,1-3H3,(H,18,21)/t10-/m1/s1. The lowest BCUT2D eigenvalue weighted by atomic mass is 9.89. The molecule has 0 saturated heterocycles. The van der Waals surface area contributed by atoms with Gasteiger partial charge in [0, 0.05) is 23.7 Å². The van der Waals surface area contributed by atoms with Crippen LogP contribution >= 0.6 is 23.1 Å². The van der Waals surface area contributed by atoms with Gasteiger partial charge in [-0.15, -0.1) is 11.3 Å². The third kappa shape index (κ3) is 3.53. The molecule has 2 aromatic heterocycles. The molecule has 0 bridgehead atoms. The molecule has 2 heterocycles. The van der Waals surface area contributed by atoms with Crippen LogP contribution in [0.5, 0.6) is 0 Å². The summed E-state index contributed by atoms with van der Waals surface area (Å²) in [7, 11) is 1.68. The summed E-state index contributed by atoms with van der Waals surface area (Å²) in [6.07, 6.45) is 5.42. The number of nitrogens with one attached hydrogen (secondary N) is 1. The fourth-order valence-electron chi connectivity index (χ4n) is 3.00. The quantitative estimate of drug-likeness (QED) is 0.662. The first-order valence-corrected chi connectivity index (χ1v) is 10.1. The molecule has 4 nitrogen and oxygen atoms in total. The van der Waals surface area contributed by atoms with Gasteiger partial charge >= 0.3 is 0 Å². The zero-order chi connectivity index (χ0) is 16.4. The third-order valence-electron chi connectivity index (χ3n) is 4.26. The van der Waals surface area contributed by atoms with E-state index >= 15 is 0 Å². The number of aryl methyl sites for hydroxylation is 2. The Hall–Kier alpha value is -1.14. The van der Waals surface area contributed by atoms with E-state index in [4.69, 9.17) is 9.97 Å². The molecule has 3 rings (SSSR count). The maximum absolute atomic E-state index is 11.6. The number of hydrogen-bond acceptors (Lipinski definition) is 5. The maximum atomic E-state index is 11.6. The fourth-order valence-corrected chi connectivity index (χ4v) is 5.41. The van der Waals surface area contributed by atoms with E-state index in [1.54, 1.807) is 18.8 Å². The monoisotopic (exact) mass is 349 g/mol. The number of rotatable bonds is 5. The van der Waals surface area contributed by atoms with E-state index in [1.807, 2.05) is 11.3 Å². The molecule has 23 heavy (non-hydrogen) atoms. The van der Waals surface area contributed by atoms with Crippen molar-refractivity contribution >= 4 is 39.2 Å². The number of carbonyl (C=O) groups is 1. The van der Waals surface area contributed by atoms with Crippen LogP contribution in [0.2, 0.25) is 0 Å². The van der Waals surface area contributed by atoms with Gasteiger partial charge in [0.1, 0.15) is 15.7 Å². The van der Waals surface area contributed by atoms with Gasteiger partial charge in [-0.2, -0.15) is 0 Å². The minimum atomic E-state index is 0.0384. The number of thioether (sulfide) groups is 1. The highest BCUT2D eigenvalue weighted by Gasteiger charge is 2.24. The Kier molecular flexibility index (Phi) is 5.21. The second-order valence-corrected chi connectivity index (χ2v) is 8.24. The Morgan fingerprint density at radius 3 is 3.00 bits per heavy atom. The van der Waals surface area contributed by atoms with Gasteiger partial charge in [0.25, 0.3) is 0 Å². The minimum absolute atomic E-state index is 0.0384. The number of nitrogens with zero attached hydrogens (tertiary/aromatic N) is 2. The molecule has 1 aliphatic rings. The van der Waals surface area contributed by atoms with Gasteiger partial charge in [-0.1, -0.05) is 25.6 Å². The molecule has 1 amide bonds. The first-order valence-electron chi connectivity index (χ1n) is 8.26. The summed E-state index contributed by atoms with van der Waals surface area (Å²) in [5, 5.41) is 4.89. The Morgan fingerprint density at radius 2 is 2.26 bits per heavy atom. The summed E-state index contributed by atoms with van der Waals surface area (Å²) in [5.74, 6) is 2.11. The van der Waals surface area contributed by atoms with E-state index in [1.165, 1.54) is 22.2 Å². The number of hydrogen-bond donors (Lipinski definition) is 1. The predicted octanol–water partition coefficient (Wildman–Crippen LogP) is 3.61. The summed E-state index contributed by atoms with van der Waals surface area (Å²) < 4.78 is 0. The summed E-state index contributed by atoms with van der Waals surface area (Å²) in [4.78, 5) is 23.8. The lowest BCUT2D eigenvalue weighted by molar-refractivity contribution is -0.118. The highest BCUT2D eigenvalue weighted by atomic mass is 32.2. The molecular formula is C17H23N3OS2. The van der Waals surface area contributed by atoms with Gasteiger partial charge < -0.3 is 5.32 Å². The van der Waals surface area contributed by atoms with Crippen molar-refractivity contribution in [3.8, 4) is 0 Å². The molecule has 1 aliphatic carbocycles. The van der Waals surface area contributed by atoms with E-state index in [0.717, 1.165) is 47.3 Å². The molecule has 0 aromatic carbocycles. The predicted molar refractivity (Wildman–Crippen MR) is 97.4 cm³/mol. The van der Waals surface area contributed by atoms with Crippen molar-refractivity contribution in [1.29, 1.82) is 0 Å². The van der Waals surface area contributed by atoms with Crippen molar-refractivity contribution in [3.63, 3.8) is 0 Å². The molecule has 0 saturated carbocycles. The van der Waals surface area contributed by atoms with Gasteiger partial charge in [-0.05, 0) is 37.2 Å². The van der Waals surface area contributed by atoms with Crippen molar-refractivity contribution in [3.05, 3.63) is 16.3 Å². The zero-order valence-corrected chi connectivity index (χ0v) is 15.6. The van der Waals surface area contributed by atoms with Crippen LogP contribution in [0.3, 0.4) is 0 Å². The molecule has 0 aliphatic heterocycles. The molecule has 1 N–H and O–H groups in total. The Labute approximate surface area is 145 Å². The van der Waals surface area contributed by atoms with Crippen LogP contribution in [0.15, 0.2) is 5.03 Å². The van der Waals surface area contributed by atoms with Crippen molar-refractivity contribution in [2.45, 2.75) is 51.0 Å². The summed E-state index contributed by atoms with van der Waals surface area (Å²) in [5.41, 5.74) is 1.44. The van der Waals surface area contributed by atoms with Crippen LogP contribution in [0, 0.1) is 5.92 Å². The molecule has 0 unspecified atom stereocenters. The molecule has 124 valence electrons. The molecule has 0 fully saturated rings. The highest BCUT2D eigenvalue weighted by molar-refractivity contribution is 8.00. The number of aromatic nitrogens is 2. The summed E-state index contributed by atoms with van der Waals surface area (Å²) in [6.45, 7) is 4.47. The second-order valence-electron chi connectivity index (χ2n) is 6.19. The van der Waals surface area contributed by atoms with Crippen molar-refractivity contribution in [2.24, 2.45) is 5.92 Å². The van der Waals surface area contributed by atoms with E-state index < -0.39 is 0 Å². The maximum Gasteiger partial charge on any atom is 0.230 e. The Bertz CT molecular complexity index is 726. The topological polar surface area (TPSA) is 54.9 Å². The molecule has 1 atom stereocenters. The second kappa shape index (κ2) is 7.18. The molecular weight excluding hydrogens is 326 g/mol. The smallest absolute Gasteiger partial charge is 0.230 e. The Morgan fingerprint density at radius 1 is 1.43 bits per heavy atom. The van der Waals surface area contributed by atoms with Gasteiger partial charge in [0.15, 0.2) is 0 Å². The summed E-state index contributed by atoms with van der Waals surface area (Å²) in [6, 6.07) is 0. The largest absolute Gasteiger partial charge is 0.358 e. The fraction of sp³-hybridized carbons (Fsp3) is 0.588. The summed E-state index contributed by atoms with van der Waals surface area (Å²) >= 11 is 3.38. The van der Waals surface area contributed by atoms with E-state index in [-0.39, 0.29) is 5.91 Å². The average molecular weight is 350 g/mol. The van der Waals surface area contributed by atoms with Crippen LogP contribution in [-0.2, 0) is 24.1 Å². The van der Waals surface area contributed by atoms with Crippen LogP contribution in [0.4, 0.5) is 0 Å². The van der Waals surface area contributed by atoms with Crippen molar-refractivity contribution < 1.29 is 4.79 Å². The van der Waals surface area contributed by atoms with Gasteiger partial charge in [0.05, 0.1) is 5.75 Å². The van der Waals surface area contributed by atoms with Crippen LogP contribution in [-0.4, -0.2) is 28.7 Å². The average Bonchev–Trinajstić information content (AvgIpc) is 2.89. The minimum Gasteiger partial charge on any atom is -0.358 e. The van der Waals surface area contributed by atoms with Gasteiger partial charge in [-0.25, -0.2) is 9.97 Å². The zero-order valence-electron chi connectivity index (χ0n) is 13.9. The van der Waals surface area contributed by atoms with Crippen molar-refractivity contribution in [1.82, 2.24) is 15.3 Å². The number of carbonyl (C=O) groups excluding carboxylic acids is 1. The van der Waals surface area contributed by atoms with E-state index in [0.29, 0.717) is 5.75 Å². The molecule has 2 aromatic rings. The molecule has 0 radical (unpaired) electrons. The van der Waals surface area contributed by atoms with E-state index in [2.05, 4.69) is 19.2 Å². The SMILES string of the molecule is CCCc1nc(SCC(=O)NC)c2c3c(sc2n1)C[C@H](C)CC3. The Balaban J connectivity index is 2.04. The first-order chi connectivity index (χ1) is 11.1. The van der Waals surface area contributed by atoms with Crippen LogP contribution < -0.4 is 5.32 Å². The first kappa shape index (κ1) is 16.7. The molecule has 0 spiro atoms. The molecule has 6 heteroatoms. The number of thiophene rings is 1. The van der Waals surface area contributed by atoms with Crippen LogP contribution in [0.25, 0.3) is 10.2 Å². The lowest BCUT2D eigenvalue weighted by Gasteiger charge is -2.18.